The molecule has 0 saturated carbocycles. The second-order valence-corrected chi connectivity index (χ2v) is 6.76. The molecule has 128 valence electrons. The molecule has 0 bridgehead atoms. The van der Waals surface area contributed by atoms with Gasteiger partial charge in [0.2, 0.25) is 0 Å². The monoisotopic (exact) mass is 347 g/mol. The minimum Gasteiger partial charge on any atom is -0.351 e. The fourth-order valence-corrected chi connectivity index (χ4v) is 2.90. The van der Waals surface area contributed by atoms with Gasteiger partial charge in [-0.25, -0.2) is 4.39 Å². The van der Waals surface area contributed by atoms with Gasteiger partial charge in [-0.15, -0.1) is 11.8 Å². The number of nitrogens with one attached hydrogen (secondary N) is 2. The number of hydrogen-bond donors (Lipinski definition) is 2. The lowest BCUT2D eigenvalue weighted by Crippen LogP contribution is -3.08. The number of carbonyl (C=O) groups is 1. The molecular weight excluding hydrogens is 323 g/mol. The van der Waals surface area contributed by atoms with Crippen LogP contribution in [0.15, 0.2) is 53.4 Å². The van der Waals surface area contributed by atoms with Crippen LogP contribution < -0.4 is 10.2 Å². The Morgan fingerprint density at radius 3 is 2.33 bits per heavy atom. The van der Waals surface area contributed by atoms with Crippen LogP contribution in [0.5, 0.6) is 0 Å². The molecule has 0 aliphatic carbocycles. The van der Waals surface area contributed by atoms with Gasteiger partial charge in [-0.1, -0.05) is 24.3 Å². The van der Waals surface area contributed by atoms with Crippen molar-refractivity contribution in [2.75, 3.05) is 26.4 Å². The van der Waals surface area contributed by atoms with E-state index in [1.165, 1.54) is 22.6 Å². The second-order valence-electron chi connectivity index (χ2n) is 5.89. The predicted octanol–water partition coefficient (Wildman–Crippen LogP) is 1.92. The fraction of sp³-hybridized carbons (Fsp3) is 0.316. The molecule has 0 saturated heterocycles. The first-order valence-corrected chi connectivity index (χ1v) is 9.24. The van der Waals surface area contributed by atoms with Gasteiger partial charge in [-0.2, -0.15) is 0 Å². The van der Waals surface area contributed by atoms with Gasteiger partial charge >= 0.3 is 0 Å². The molecule has 1 amide bonds. The largest absolute Gasteiger partial charge is 0.351 e. The van der Waals surface area contributed by atoms with E-state index in [-0.39, 0.29) is 11.7 Å². The van der Waals surface area contributed by atoms with Gasteiger partial charge in [0.05, 0.1) is 7.05 Å². The molecule has 1 unspecified atom stereocenters. The number of benzene rings is 2. The summed E-state index contributed by atoms with van der Waals surface area (Å²) in [4.78, 5) is 14.4. The summed E-state index contributed by atoms with van der Waals surface area (Å²) in [7, 11) is 2.02. The highest BCUT2D eigenvalue weighted by molar-refractivity contribution is 7.98. The normalized spacial score (nSPS) is 12.0. The Morgan fingerprint density at radius 2 is 1.71 bits per heavy atom. The first-order chi connectivity index (χ1) is 11.6. The number of amides is 1. The first kappa shape index (κ1) is 18.5. The van der Waals surface area contributed by atoms with Crippen molar-refractivity contribution in [1.29, 1.82) is 0 Å². The molecule has 5 heteroatoms. The Hall–Kier alpha value is -1.85. The zero-order chi connectivity index (χ0) is 17.4. The van der Waals surface area contributed by atoms with Crippen molar-refractivity contribution in [3.63, 3.8) is 0 Å². The van der Waals surface area contributed by atoms with Crippen LogP contribution in [0.3, 0.4) is 0 Å². The summed E-state index contributed by atoms with van der Waals surface area (Å²) in [6.45, 7) is 1.83. The third-order valence-corrected chi connectivity index (χ3v) is 4.52. The quantitative estimate of drug-likeness (QED) is 0.716. The molecule has 2 aromatic carbocycles. The highest BCUT2D eigenvalue weighted by Gasteiger charge is 2.10. The summed E-state index contributed by atoms with van der Waals surface area (Å²) in [5, 5.41) is 2.92. The third kappa shape index (κ3) is 6.34. The minimum atomic E-state index is -0.237. The lowest BCUT2D eigenvalue weighted by atomic mass is 10.1. The van der Waals surface area contributed by atoms with Crippen LogP contribution in [0.2, 0.25) is 0 Å². The maximum atomic E-state index is 12.8. The summed E-state index contributed by atoms with van der Waals surface area (Å²) >= 11 is 1.72. The van der Waals surface area contributed by atoms with Gasteiger partial charge in [0, 0.05) is 17.0 Å². The number of hydrogen-bond acceptors (Lipinski definition) is 2. The maximum Gasteiger partial charge on any atom is 0.275 e. The summed E-state index contributed by atoms with van der Waals surface area (Å²) in [5.41, 5.74) is 2.25. The SMILES string of the molecule is CSc1ccc(C[NH+](C)CC(=O)NCCc2ccc(F)cc2)cc1. The van der Waals surface area contributed by atoms with Crippen LogP contribution in [0.4, 0.5) is 4.39 Å². The number of rotatable bonds is 8. The van der Waals surface area contributed by atoms with Crippen molar-refractivity contribution < 1.29 is 14.1 Å². The molecule has 0 heterocycles. The van der Waals surface area contributed by atoms with E-state index in [1.807, 2.05) is 7.05 Å². The van der Waals surface area contributed by atoms with E-state index >= 15 is 0 Å². The number of halogens is 1. The fourth-order valence-electron chi connectivity index (χ4n) is 2.49. The number of thioether (sulfide) groups is 1. The van der Waals surface area contributed by atoms with E-state index in [0.29, 0.717) is 19.5 Å². The molecule has 1 atom stereocenters. The molecule has 3 nitrogen and oxygen atoms in total. The lowest BCUT2D eigenvalue weighted by molar-refractivity contribution is -0.885. The van der Waals surface area contributed by atoms with Crippen molar-refractivity contribution >= 4 is 17.7 Å². The van der Waals surface area contributed by atoms with E-state index in [9.17, 15) is 9.18 Å². The van der Waals surface area contributed by atoms with Crippen LogP contribution in [0, 0.1) is 5.82 Å². The Bertz CT molecular complexity index is 643. The van der Waals surface area contributed by atoms with Crippen LogP contribution in [-0.4, -0.2) is 32.3 Å². The van der Waals surface area contributed by atoms with Crippen molar-refractivity contribution in [2.45, 2.75) is 17.9 Å². The van der Waals surface area contributed by atoms with Crippen LogP contribution >= 0.6 is 11.8 Å². The van der Waals surface area contributed by atoms with Crippen molar-refractivity contribution in [3.8, 4) is 0 Å². The molecule has 0 aliphatic rings. The van der Waals surface area contributed by atoms with E-state index in [2.05, 4.69) is 35.8 Å². The van der Waals surface area contributed by atoms with Gasteiger partial charge < -0.3 is 10.2 Å². The highest BCUT2D eigenvalue weighted by Crippen LogP contribution is 2.14. The molecule has 0 spiro atoms. The molecule has 24 heavy (non-hydrogen) atoms. The summed E-state index contributed by atoms with van der Waals surface area (Å²) in [6, 6.07) is 14.8. The standard InChI is InChI=1S/C19H23FN2OS/c1-22(13-16-5-9-18(24-2)10-6-16)14-19(23)21-12-11-15-3-7-17(20)8-4-15/h3-10H,11-14H2,1-2H3,(H,21,23)/p+1. The molecule has 2 rings (SSSR count). The second kappa shape index (κ2) is 9.45. The van der Waals surface area contributed by atoms with Crippen LogP contribution in [-0.2, 0) is 17.8 Å². The zero-order valence-electron chi connectivity index (χ0n) is 14.1. The maximum absolute atomic E-state index is 12.8. The summed E-state index contributed by atoms with van der Waals surface area (Å²) in [6.07, 6.45) is 2.77. The van der Waals surface area contributed by atoms with Crippen LogP contribution in [0.1, 0.15) is 11.1 Å². The Labute approximate surface area is 147 Å². The average Bonchev–Trinajstić information content (AvgIpc) is 2.57. The van der Waals surface area contributed by atoms with Gasteiger partial charge in [0.25, 0.3) is 5.91 Å². The molecule has 2 aromatic rings. The molecule has 0 aliphatic heterocycles. The van der Waals surface area contributed by atoms with Crippen LogP contribution in [0.25, 0.3) is 0 Å². The Morgan fingerprint density at radius 1 is 1.08 bits per heavy atom. The van der Waals surface area contributed by atoms with Crippen molar-refractivity contribution in [2.24, 2.45) is 0 Å². The third-order valence-electron chi connectivity index (χ3n) is 3.78. The Balaban J connectivity index is 1.69. The number of quaternary nitrogens is 1. The molecule has 0 fully saturated rings. The lowest BCUT2D eigenvalue weighted by Gasteiger charge is -2.14. The Kier molecular flexibility index (Phi) is 7.28. The van der Waals surface area contributed by atoms with Gasteiger partial charge in [-0.05, 0) is 42.5 Å². The minimum absolute atomic E-state index is 0.0374. The van der Waals surface area contributed by atoms with Crippen molar-refractivity contribution in [1.82, 2.24) is 5.32 Å². The smallest absolute Gasteiger partial charge is 0.275 e. The number of carbonyl (C=O) groups excluding carboxylic acids is 1. The molecule has 0 radical (unpaired) electrons. The van der Waals surface area contributed by atoms with E-state index < -0.39 is 0 Å². The molecule has 2 N–H and O–H groups in total. The van der Waals surface area contributed by atoms with E-state index in [0.717, 1.165) is 17.0 Å². The van der Waals surface area contributed by atoms with Gasteiger partial charge in [0.15, 0.2) is 6.54 Å². The average molecular weight is 347 g/mol. The highest BCUT2D eigenvalue weighted by atomic mass is 32.2. The van der Waals surface area contributed by atoms with Gasteiger partial charge in [0.1, 0.15) is 12.4 Å². The van der Waals surface area contributed by atoms with E-state index in [4.69, 9.17) is 0 Å². The zero-order valence-corrected chi connectivity index (χ0v) is 15.0. The predicted molar refractivity (Wildman–Crippen MR) is 96.8 cm³/mol. The summed E-state index contributed by atoms with van der Waals surface area (Å²) < 4.78 is 12.8. The topological polar surface area (TPSA) is 33.5 Å². The molecular formula is C19H24FN2OS+. The van der Waals surface area contributed by atoms with Crippen molar-refractivity contribution in [3.05, 3.63) is 65.5 Å². The first-order valence-electron chi connectivity index (χ1n) is 8.02. The van der Waals surface area contributed by atoms with E-state index in [1.54, 1.807) is 23.9 Å². The van der Waals surface area contributed by atoms with Gasteiger partial charge in [-0.3, -0.25) is 4.79 Å². The molecule has 0 aromatic heterocycles. The number of likely N-dealkylation sites (N-methyl/N-ethyl adjacent to an activating group) is 1. The summed E-state index contributed by atoms with van der Waals surface area (Å²) in [5.74, 6) is -0.200.